The van der Waals surface area contributed by atoms with Crippen LogP contribution in [-0.4, -0.2) is 49.8 Å². The van der Waals surface area contributed by atoms with Gasteiger partial charge in [0.05, 0.1) is 6.19 Å². The highest BCUT2D eigenvalue weighted by molar-refractivity contribution is 8.18. The summed E-state index contributed by atoms with van der Waals surface area (Å²) in [4.78, 5) is 4.76. The number of allylic oxidation sites excluding steroid dienone is 1. The molecule has 0 amide bonds. The van der Waals surface area contributed by atoms with E-state index in [1.54, 1.807) is 0 Å². The maximum atomic E-state index is 6.55. The molecule has 2 aromatic carbocycles. The first kappa shape index (κ1) is 19.8. The van der Waals surface area contributed by atoms with E-state index in [0.29, 0.717) is 0 Å². The number of hydrogen-bond donors (Lipinski definition) is 0. The zero-order chi connectivity index (χ0) is 19.9. The molecule has 0 bridgehead atoms. The van der Waals surface area contributed by atoms with Gasteiger partial charge in [-0.2, -0.15) is 0 Å². The Bertz CT molecular complexity index is 930. The Morgan fingerprint density at radius 1 is 0.893 bits per heavy atom. The van der Waals surface area contributed by atoms with Crippen molar-refractivity contribution in [2.75, 3.05) is 45.2 Å². The number of rotatable bonds is 3. The van der Waals surface area contributed by atoms with E-state index in [4.69, 9.17) is 11.8 Å². The van der Waals surface area contributed by atoms with Crippen LogP contribution in [-0.2, 0) is 17.2 Å². The van der Waals surface area contributed by atoms with Crippen LogP contribution in [0.3, 0.4) is 0 Å². The number of likely N-dealkylation sites (N-methyl/N-ethyl adjacent to an activating group) is 2. The van der Waals surface area contributed by atoms with Crippen LogP contribution in [0.1, 0.15) is 19.4 Å². The van der Waals surface area contributed by atoms with Gasteiger partial charge in [0, 0.05) is 55.3 Å². The van der Waals surface area contributed by atoms with Crippen LogP contribution >= 0.6 is 6.19 Å². The van der Waals surface area contributed by atoms with Crippen molar-refractivity contribution in [3.63, 3.8) is 0 Å². The highest BCUT2D eigenvalue weighted by Crippen LogP contribution is 2.56. The van der Waals surface area contributed by atoms with Gasteiger partial charge in [-0.15, -0.1) is 0 Å². The highest BCUT2D eigenvalue weighted by Gasteiger charge is 2.40. The molecule has 1 fully saturated rings. The maximum absolute atomic E-state index is 6.55. The van der Waals surface area contributed by atoms with Gasteiger partial charge in [0.2, 0.25) is 0 Å². The van der Waals surface area contributed by atoms with Gasteiger partial charge in [0.25, 0.3) is 0 Å². The summed E-state index contributed by atoms with van der Waals surface area (Å²) in [7, 11) is 4.39. The first-order chi connectivity index (χ1) is 13.3. The van der Waals surface area contributed by atoms with Gasteiger partial charge in [-0.3, -0.25) is 4.67 Å². The number of benzene rings is 2. The molecule has 0 N–H and O–H groups in total. The molecule has 2 aliphatic rings. The fourth-order valence-electron chi connectivity index (χ4n) is 4.45. The minimum Gasteiger partial charge on any atom is -0.347 e. The molecule has 2 aromatic rings. The second-order valence-electron chi connectivity index (χ2n) is 8.43. The van der Waals surface area contributed by atoms with E-state index in [2.05, 4.69) is 103 Å². The van der Waals surface area contributed by atoms with Crippen molar-refractivity contribution < 1.29 is 0 Å². The van der Waals surface area contributed by atoms with Gasteiger partial charge in [0.1, 0.15) is 0 Å². The molecule has 4 rings (SSSR count). The van der Waals surface area contributed by atoms with Crippen LogP contribution in [0.25, 0.3) is 0 Å². The van der Waals surface area contributed by atoms with Gasteiger partial charge >= 0.3 is 0 Å². The monoisotopic (exact) mass is 411 g/mol. The smallest absolute Gasteiger partial charge is 0.0658 e. The number of hydrogen-bond acceptors (Lipinski definition) is 3. The molecule has 0 radical (unpaired) electrons. The molecule has 1 saturated heterocycles. The van der Waals surface area contributed by atoms with E-state index in [0.717, 1.165) is 26.2 Å². The number of nitrogens with zero attached hydrogens (tertiary/aromatic N) is 3. The van der Waals surface area contributed by atoms with Gasteiger partial charge in [0.15, 0.2) is 0 Å². The molecule has 0 spiro atoms. The van der Waals surface area contributed by atoms with Crippen LogP contribution in [0.4, 0.5) is 5.69 Å². The molecule has 2 aliphatic heterocycles. The second-order valence-corrected chi connectivity index (χ2v) is 12.7. The molecule has 0 saturated carbocycles. The summed E-state index contributed by atoms with van der Waals surface area (Å²) >= 11 is 6.55. The lowest BCUT2D eigenvalue weighted by molar-refractivity contribution is 0.230. The fraction of sp³-hybridized carbons (Fsp3) is 0.391. The third kappa shape index (κ3) is 3.27. The third-order valence-electron chi connectivity index (χ3n) is 6.26. The molecular weight excluding hydrogens is 381 g/mol. The lowest BCUT2D eigenvalue weighted by Crippen LogP contribution is -2.44. The minimum atomic E-state index is -2.03. The molecule has 5 heteroatoms. The molecule has 1 unspecified atom stereocenters. The molecule has 0 aliphatic carbocycles. The Kier molecular flexibility index (Phi) is 5.26. The summed E-state index contributed by atoms with van der Waals surface area (Å²) < 4.78 is 2.58. The van der Waals surface area contributed by atoms with E-state index < -0.39 is 6.19 Å². The van der Waals surface area contributed by atoms with Crippen LogP contribution in [0.2, 0.25) is 0 Å². The largest absolute Gasteiger partial charge is 0.347 e. The van der Waals surface area contributed by atoms with Crippen molar-refractivity contribution in [1.29, 1.82) is 0 Å². The first-order valence-corrected chi connectivity index (χ1v) is 12.8. The summed E-state index contributed by atoms with van der Waals surface area (Å²) in [6.07, 6.45) is -2.03. The molecule has 1 atom stereocenters. The van der Waals surface area contributed by atoms with Crippen molar-refractivity contribution in [3.05, 3.63) is 71.7 Å². The molecule has 0 aromatic heterocycles. The minimum absolute atomic E-state index is 0.0449. The van der Waals surface area contributed by atoms with Crippen LogP contribution in [0.15, 0.2) is 66.1 Å². The lowest BCUT2D eigenvalue weighted by Gasteiger charge is -2.40. The Hall–Kier alpha value is -1.45. The lowest BCUT2D eigenvalue weighted by atomic mass is 9.84. The van der Waals surface area contributed by atoms with E-state index in [-0.39, 0.29) is 5.41 Å². The van der Waals surface area contributed by atoms with Gasteiger partial charge in [-0.25, -0.2) is 0 Å². The summed E-state index contributed by atoms with van der Waals surface area (Å²) in [5.74, 6) is 2.46. The number of piperazine rings is 1. The average Bonchev–Trinajstić information content (AvgIpc) is 2.90. The standard InChI is InChI=1S/C23H30N3PS/c1-23(2)20-12-8-9-13-21(20)25(4)22(23)18-27(28,19-10-6-5-7-11-19)26-16-14-24(3)15-17-26/h5-13,18H,14-17H2,1-4H3. The molecule has 28 heavy (non-hydrogen) atoms. The van der Waals surface area contributed by atoms with Crippen LogP contribution in [0, 0.1) is 0 Å². The Balaban J connectivity index is 1.84. The summed E-state index contributed by atoms with van der Waals surface area (Å²) in [6, 6.07) is 19.5. The average molecular weight is 412 g/mol. The van der Waals surface area contributed by atoms with E-state index >= 15 is 0 Å². The fourth-order valence-corrected chi connectivity index (χ4v) is 8.44. The van der Waals surface area contributed by atoms with E-state index in [1.807, 2.05) is 0 Å². The van der Waals surface area contributed by atoms with Gasteiger partial charge in [-0.1, -0.05) is 74.2 Å². The van der Waals surface area contributed by atoms with Gasteiger partial charge < -0.3 is 9.80 Å². The van der Waals surface area contributed by atoms with E-state index in [9.17, 15) is 0 Å². The van der Waals surface area contributed by atoms with Crippen molar-refractivity contribution in [3.8, 4) is 0 Å². The topological polar surface area (TPSA) is 9.72 Å². The first-order valence-electron chi connectivity index (χ1n) is 10.00. The van der Waals surface area contributed by atoms with Crippen LogP contribution < -0.4 is 10.2 Å². The zero-order valence-electron chi connectivity index (χ0n) is 17.3. The SMILES string of the molecule is CN1CCN(P(=S)(C=C2N(C)c3ccccc3C2(C)C)c2ccccc2)CC1. The normalized spacial score (nSPS) is 23.6. The Morgan fingerprint density at radius 3 is 2.14 bits per heavy atom. The van der Waals surface area contributed by atoms with E-state index in [1.165, 1.54) is 22.3 Å². The highest BCUT2D eigenvalue weighted by atomic mass is 32.4. The number of anilines is 1. The predicted molar refractivity (Wildman–Crippen MR) is 125 cm³/mol. The number of fused-ring (bicyclic) bond motifs is 1. The summed E-state index contributed by atoms with van der Waals surface area (Å²) in [6.45, 7) is 8.88. The quantitative estimate of drug-likeness (QED) is 0.699. The Labute approximate surface area is 174 Å². The summed E-state index contributed by atoms with van der Waals surface area (Å²) in [5, 5.41) is 1.29. The van der Waals surface area contributed by atoms with Crippen molar-refractivity contribution in [1.82, 2.24) is 9.57 Å². The van der Waals surface area contributed by atoms with Crippen LogP contribution in [0.5, 0.6) is 0 Å². The third-order valence-corrected chi connectivity index (χ3v) is 10.8. The van der Waals surface area contributed by atoms with Crippen molar-refractivity contribution in [2.24, 2.45) is 0 Å². The molecule has 3 nitrogen and oxygen atoms in total. The predicted octanol–water partition coefficient (Wildman–Crippen LogP) is 4.22. The van der Waals surface area contributed by atoms with Crippen molar-refractivity contribution in [2.45, 2.75) is 19.3 Å². The molecule has 148 valence electrons. The molecular formula is C23H30N3PS. The number of para-hydroxylation sites is 1. The zero-order valence-corrected chi connectivity index (χ0v) is 19.0. The summed E-state index contributed by atoms with van der Waals surface area (Å²) in [5.41, 5.74) is 3.97. The van der Waals surface area contributed by atoms with Crippen molar-refractivity contribution >= 4 is 29.0 Å². The molecule has 2 heterocycles. The van der Waals surface area contributed by atoms with Gasteiger partial charge in [-0.05, 0) is 24.5 Å². The Morgan fingerprint density at radius 2 is 1.50 bits per heavy atom. The maximum Gasteiger partial charge on any atom is 0.0658 e. The second kappa shape index (κ2) is 7.42.